The van der Waals surface area contributed by atoms with Gasteiger partial charge in [0.05, 0.1) is 0 Å². The van der Waals surface area contributed by atoms with Crippen LogP contribution in [0.3, 0.4) is 0 Å². The van der Waals surface area contributed by atoms with Gasteiger partial charge in [-0.25, -0.2) is 0 Å². The second-order valence-corrected chi connectivity index (χ2v) is 4.53. The topological polar surface area (TPSA) is 17.1 Å². The van der Waals surface area contributed by atoms with Crippen molar-refractivity contribution in [1.82, 2.24) is 0 Å². The molecule has 2 heteroatoms. The van der Waals surface area contributed by atoms with Gasteiger partial charge in [0, 0.05) is 16.1 Å². The summed E-state index contributed by atoms with van der Waals surface area (Å²) in [6.45, 7) is 3.88. The molecule has 0 aliphatic carbocycles. The van der Waals surface area contributed by atoms with Crippen LogP contribution >= 0.6 is 11.6 Å². The molecule has 86 valence electrons. The number of hydrogen-bond donors (Lipinski definition) is 0. The third-order valence-corrected chi connectivity index (χ3v) is 3.23. The molecular weight excluding hydrogens is 232 g/mol. The maximum Gasteiger partial charge on any atom is 0.150 e. The molecule has 0 saturated carbocycles. The lowest BCUT2D eigenvalue weighted by atomic mass is 9.96. The Hall–Kier alpha value is -1.60. The van der Waals surface area contributed by atoms with Gasteiger partial charge in [-0.3, -0.25) is 4.79 Å². The van der Waals surface area contributed by atoms with E-state index in [-0.39, 0.29) is 0 Å². The molecule has 2 aromatic carbocycles. The Morgan fingerprint density at radius 2 is 1.65 bits per heavy atom. The van der Waals surface area contributed by atoms with Crippen LogP contribution < -0.4 is 0 Å². The quantitative estimate of drug-likeness (QED) is 0.714. The van der Waals surface area contributed by atoms with Gasteiger partial charge in [-0.05, 0) is 36.6 Å². The van der Waals surface area contributed by atoms with Crippen LogP contribution in [0.25, 0.3) is 11.1 Å². The Labute approximate surface area is 106 Å². The summed E-state index contributed by atoms with van der Waals surface area (Å²) in [6.07, 6.45) is 0.904. The highest BCUT2D eigenvalue weighted by atomic mass is 35.5. The second-order valence-electron chi connectivity index (χ2n) is 4.12. The van der Waals surface area contributed by atoms with Crippen LogP contribution in [-0.4, -0.2) is 6.29 Å². The first-order valence-electron chi connectivity index (χ1n) is 5.45. The van der Waals surface area contributed by atoms with E-state index in [1.54, 1.807) is 0 Å². The van der Waals surface area contributed by atoms with Crippen molar-refractivity contribution in [2.75, 3.05) is 0 Å². The summed E-state index contributed by atoms with van der Waals surface area (Å²) in [6, 6.07) is 11.7. The smallest absolute Gasteiger partial charge is 0.150 e. The molecule has 17 heavy (non-hydrogen) atoms. The molecule has 1 nitrogen and oxygen atoms in total. The normalized spacial score (nSPS) is 10.3. The Balaban J connectivity index is 2.62. The van der Waals surface area contributed by atoms with Gasteiger partial charge in [-0.15, -0.1) is 0 Å². The summed E-state index contributed by atoms with van der Waals surface area (Å²) >= 11 is 6.17. The number of rotatable bonds is 2. The van der Waals surface area contributed by atoms with Gasteiger partial charge in [0.1, 0.15) is 0 Å². The van der Waals surface area contributed by atoms with Crippen molar-refractivity contribution in [3.05, 3.63) is 58.1 Å². The molecule has 0 saturated heterocycles. The van der Waals surface area contributed by atoms with Gasteiger partial charge in [-0.1, -0.05) is 41.9 Å². The molecule has 2 rings (SSSR count). The Morgan fingerprint density at radius 3 is 2.18 bits per heavy atom. The van der Waals surface area contributed by atoms with Crippen molar-refractivity contribution in [3.8, 4) is 11.1 Å². The molecule has 0 N–H and O–H groups in total. The maximum absolute atomic E-state index is 10.9. The SMILES string of the molecule is Cc1cc(-c2ccccc2Cl)cc(C)c1C=O. The number of benzene rings is 2. The highest BCUT2D eigenvalue weighted by Crippen LogP contribution is 2.30. The molecular formula is C15H13ClO. The summed E-state index contributed by atoms with van der Waals surface area (Å²) < 4.78 is 0. The Morgan fingerprint density at radius 1 is 1.06 bits per heavy atom. The molecule has 2 aromatic rings. The first kappa shape index (κ1) is 11.9. The molecule has 0 unspecified atom stereocenters. The van der Waals surface area contributed by atoms with Crippen molar-refractivity contribution in [2.24, 2.45) is 0 Å². The van der Waals surface area contributed by atoms with Gasteiger partial charge in [0.25, 0.3) is 0 Å². The molecule has 0 amide bonds. The number of hydrogen-bond acceptors (Lipinski definition) is 1. The summed E-state index contributed by atoms with van der Waals surface area (Å²) in [5.74, 6) is 0. The fourth-order valence-electron chi connectivity index (χ4n) is 2.01. The Bertz CT molecular complexity index is 550. The van der Waals surface area contributed by atoms with E-state index in [0.29, 0.717) is 0 Å². The molecule has 0 atom stereocenters. The lowest BCUT2D eigenvalue weighted by Crippen LogP contribution is -1.93. The minimum Gasteiger partial charge on any atom is -0.298 e. The average Bonchev–Trinajstić information content (AvgIpc) is 2.29. The summed E-state index contributed by atoms with van der Waals surface area (Å²) in [4.78, 5) is 10.9. The van der Waals surface area contributed by atoms with Crippen molar-refractivity contribution in [3.63, 3.8) is 0 Å². The van der Waals surface area contributed by atoms with Crippen molar-refractivity contribution >= 4 is 17.9 Å². The predicted molar refractivity (Wildman–Crippen MR) is 71.7 cm³/mol. The zero-order chi connectivity index (χ0) is 12.4. The Kier molecular flexibility index (Phi) is 3.30. The van der Waals surface area contributed by atoms with Crippen LogP contribution in [0.1, 0.15) is 21.5 Å². The molecule has 0 aliphatic heterocycles. The third-order valence-electron chi connectivity index (χ3n) is 2.90. The van der Waals surface area contributed by atoms with Crippen LogP contribution in [-0.2, 0) is 0 Å². The molecule has 0 radical (unpaired) electrons. The van der Waals surface area contributed by atoms with Gasteiger partial charge in [0.2, 0.25) is 0 Å². The number of halogens is 1. The van der Waals surface area contributed by atoms with Crippen LogP contribution in [0.5, 0.6) is 0 Å². The molecule has 0 aromatic heterocycles. The van der Waals surface area contributed by atoms with Crippen LogP contribution in [0.15, 0.2) is 36.4 Å². The van der Waals surface area contributed by atoms with E-state index in [9.17, 15) is 4.79 Å². The number of aldehydes is 1. The first-order valence-corrected chi connectivity index (χ1v) is 5.82. The van der Waals surface area contributed by atoms with E-state index in [1.807, 2.05) is 50.2 Å². The molecule has 0 heterocycles. The van der Waals surface area contributed by atoms with E-state index in [2.05, 4.69) is 0 Å². The minimum absolute atomic E-state index is 0.727. The predicted octanol–water partition coefficient (Wildman–Crippen LogP) is 4.44. The lowest BCUT2D eigenvalue weighted by molar-refractivity contribution is 0.112. The molecule has 0 spiro atoms. The second kappa shape index (κ2) is 4.72. The van der Waals surface area contributed by atoms with E-state index < -0.39 is 0 Å². The number of carbonyl (C=O) groups excluding carboxylic acids is 1. The molecule has 0 fully saturated rings. The van der Waals surface area contributed by atoms with E-state index in [0.717, 1.165) is 39.1 Å². The molecule has 0 aliphatic rings. The highest BCUT2D eigenvalue weighted by molar-refractivity contribution is 6.33. The van der Waals surface area contributed by atoms with E-state index in [4.69, 9.17) is 11.6 Å². The van der Waals surface area contributed by atoms with Gasteiger partial charge >= 0.3 is 0 Å². The number of aryl methyl sites for hydroxylation is 2. The molecule has 0 bridgehead atoms. The van der Waals surface area contributed by atoms with Crippen molar-refractivity contribution < 1.29 is 4.79 Å². The maximum atomic E-state index is 10.9. The third kappa shape index (κ3) is 2.25. The van der Waals surface area contributed by atoms with Crippen LogP contribution in [0.4, 0.5) is 0 Å². The van der Waals surface area contributed by atoms with Crippen molar-refractivity contribution in [1.29, 1.82) is 0 Å². The van der Waals surface area contributed by atoms with Gasteiger partial charge in [-0.2, -0.15) is 0 Å². The summed E-state index contributed by atoms with van der Waals surface area (Å²) in [7, 11) is 0. The van der Waals surface area contributed by atoms with E-state index in [1.165, 1.54) is 0 Å². The first-order chi connectivity index (χ1) is 8.13. The zero-order valence-electron chi connectivity index (χ0n) is 9.83. The standard InChI is InChI=1S/C15H13ClO/c1-10-7-12(8-11(2)14(10)9-17)13-5-3-4-6-15(13)16/h3-9H,1-2H3. The highest BCUT2D eigenvalue weighted by Gasteiger charge is 2.07. The van der Waals surface area contributed by atoms with Crippen molar-refractivity contribution in [2.45, 2.75) is 13.8 Å². The minimum atomic E-state index is 0.727. The lowest BCUT2D eigenvalue weighted by Gasteiger charge is -2.09. The summed E-state index contributed by atoms with van der Waals surface area (Å²) in [5.41, 5.74) is 4.78. The number of carbonyl (C=O) groups is 1. The van der Waals surface area contributed by atoms with Crippen LogP contribution in [0.2, 0.25) is 5.02 Å². The fraction of sp³-hybridized carbons (Fsp3) is 0.133. The monoisotopic (exact) mass is 244 g/mol. The zero-order valence-corrected chi connectivity index (χ0v) is 10.6. The average molecular weight is 245 g/mol. The largest absolute Gasteiger partial charge is 0.298 e. The van der Waals surface area contributed by atoms with Gasteiger partial charge in [0.15, 0.2) is 6.29 Å². The fourth-order valence-corrected chi connectivity index (χ4v) is 2.26. The van der Waals surface area contributed by atoms with Crippen LogP contribution in [0, 0.1) is 13.8 Å². The van der Waals surface area contributed by atoms with Gasteiger partial charge < -0.3 is 0 Å². The summed E-state index contributed by atoms with van der Waals surface area (Å²) in [5, 5.41) is 0.727. The van der Waals surface area contributed by atoms with E-state index >= 15 is 0 Å².